The van der Waals surface area contributed by atoms with Crippen LogP contribution in [0.4, 0.5) is 0 Å². The van der Waals surface area contributed by atoms with E-state index in [0.29, 0.717) is 34.8 Å². The Labute approximate surface area is 196 Å². The molecule has 0 spiro atoms. The monoisotopic (exact) mass is 473 g/mol. The maximum atomic E-state index is 10.3. The van der Waals surface area contributed by atoms with Gasteiger partial charge in [0.15, 0.2) is 12.6 Å². The lowest BCUT2D eigenvalue weighted by Crippen LogP contribution is -2.10. The molecule has 182 valence electrons. The molecule has 0 aliphatic rings. The number of carbonyl (C=O) groups is 5. The lowest BCUT2D eigenvalue weighted by atomic mass is 10.1. The predicted molar refractivity (Wildman–Crippen MR) is 127 cm³/mol. The summed E-state index contributed by atoms with van der Waals surface area (Å²) in [4.78, 5) is 57.8. The van der Waals surface area contributed by atoms with Crippen molar-refractivity contribution in [1.29, 1.82) is 0 Å². The Balaban J connectivity index is 0. The van der Waals surface area contributed by atoms with E-state index in [9.17, 15) is 24.0 Å². The number of benzene rings is 2. The minimum absolute atomic E-state index is 0. The van der Waals surface area contributed by atoms with E-state index in [1.54, 1.807) is 48.5 Å². The average Bonchev–Trinajstić information content (AvgIpc) is 2.80. The Morgan fingerprint density at radius 3 is 1.21 bits per heavy atom. The summed E-state index contributed by atoms with van der Waals surface area (Å²) >= 11 is 0. The minimum Gasteiger partial charge on any atom is -0.480 e. The third-order valence-electron chi connectivity index (χ3n) is 3.33. The zero-order valence-corrected chi connectivity index (χ0v) is 17.4. The van der Waals surface area contributed by atoms with Crippen molar-refractivity contribution in [3.05, 3.63) is 70.8 Å². The predicted octanol–water partition coefficient (Wildman–Crippen LogP) is 1.67. The Bertz CT molecular complexity index is 931. The van der Waals surface area contributed by atoms with Gasteiger partial charge in [-0.25, -0.2) is 0 Å². The standard InChI is InChI=1S/C12H12N2O4.C8H6O2.C2H5NO2.CH4/c15-11(16)7-13-5-9-3-1-2-4-10(9)6-14-8-12(17)18;9-5-7-3-1-2-4-8(7)6-10;3-1-2(4)5;/h1-6H,7-8H2,(H,15,16)(H,17,18);1-6H;1,3H2,(H,4,5);1H4. The third kappa shape index (κ3) is 15.3. The van der Waals surface area contributed by atoms with E-state index in [0.717, 1.165) is 0 Å². The quantitative estimate of drug-likeness (QED) is 0.309. The number of carboxylic acid groups (broad SMARTS) is 3. The number of nitrogens with two attached hydrogens (primary N) is 1. The summed E-state index contributed by atoms with van der Waals surface area (Å²) in [6.45, 7) is -0.888. The second-order valence-electron chi connectivity index (χ2n) is 5.82. The molecular weight excluding hydrogens is 446 g/mol. The van der Waals surface area contributed by atoms with Gasteiger partial charge in [0.25, 0.3) is 0 Å². The van der Waals surface area contributed by atoms with Crippen LogP contribution in [0.25, 0.3) is 0 Å². The second kappa shape index (κ2) is 19.2. The topological polar surface area (TPSA) is 197 Å². The van der Waals surface area contributed by atoms with Gasteiger partial charge in [-0.15, -0.1) is 0 Å². The minimum atomic E-state index is -1.01. The molecule has 2 aromatic rings. The summed E-state index contributed by atoms with van der Waals surface area (Å²) in [5.41, 5.74) is 6.83. The molecule has 2 rings (SSSR count). The number of nitrogens with zero attached hydrogens (tertiary/aromatic N) is 2. The van der Waals surface area contributed by atoms with Crippen molar-refractivity contribution >= 4 is 42.9 Å². The molecule has 0 unspecified atom stereocenters. The first-order valence-corrected chi connectivity index (χ1v) is 9.18. The van der Waals surface area contributed by atoms with Crippen LogP contribution in [0.2, 0.25) is 0 Å². The lowest BCUT2D eigenvalue weighted by molar-refractivity contribution is -0.136. The molecule has 0 bridgehead atoms. The zero-order valence-electron chi connectivity index (χ0n) is 17.4. The number of aliphatic imine (C=N–C) groups is 2. The van der Waals surface area contributed by atoms with Crippen LogP contribution in [-0.4, -0.2) is 77.9 Å². The molecule has 2 aromatic carbocycles. The van der Waals surface area contributed by atoms with Crippen LogP contribution < -0.4 is 5.73 Å². The largest absolute Gasteiger partial charge is 0.480 e. The van der Waals surface area contributed by atoms with Crippen LogP contribution in [0.5, 0.6) is 0 Å². The first-order chi connectivity index (χ1) is 15.7. The molecule has 0 aromatic heterocycles. The molecule has 0 heterocycles. The molecule has 0 radical (unpaired) electrons. The normalized spacial score (nSPS) is 9.56. The average molecular weight is 473 g/mol. The first kappa shape index (κ1) is 31.7. The molecule has 0 aliphatic carbocycles. The van der Waals surface area contributed by atoms with Crippen LogP contribution in [0.3, 0.4) is 0 Å². The van der Waals surface area contributed by atoms with Crippen molar-refractivity contribution in [2.24, 2.45) is 15.7 Å². The number of carboxylic acids is 3. The van der Waals surface area contributed by atoms with Crippen molar-refractivity contribution in [2.45, 2.75) is 7.43 Å². The summed E-state index contributed by atoms with van der Waals surface area (Å²) in [7, 11) is 0. The highest BCUT2D eigenvalue weighted by Gasteiger charge is 1.98. The van der Waals surface area contributed by atoms with E-state index < -0.39 is 17.9 Å². The van der Waals surface area contributed by atoms with Gasteiger partial charge in [-0.05, 0) is 0 Å². The lowest BCUT2D eigenvalue weighted by Gasteiger charge is -1.98. The van der Waals surface area contributed by atoms with Crippen molar-refractivity contribution in [1.82, 2.24) is 0 Å². The molecule has 0 amide bonds. The van der Waals surface area contributed by atoms with Crippen LogP contribution in [0.15, 0.2) is 58.5 Å². The Kier molecular flexibility index (Phi) is 17.9. The maximum absolute atomic E-state index is 10.3. The van der Waals surface area contributed by atoms with Crippen LogP contribution >= 0.6 is 0 Å². The third-order valence-corrected chi connectivity index (χ3v) is 3.33. The molecule has 11 nitrogen and oxygen atoms in total. The van der Waals surface area contributed by atoms with Gasteiger partial charge in [0, 0.05) is 34.7 Å². The highest BCUT2D eigenvalue weighted by Crippen LogP contribution is 2.03. The fourth-order valence-corrected chi connectivity index (χ4v) is 1.92. The van der Waals surface area contributed by atoms with Crippen molar-refractivity contribution in [3.8, 4) is 0 Å². The number of carbonyl (C=O) groups excluding carboxylic acids is 2. The first-order valence-electron chi connectivity index (χ1n) is 9.18. The fraction of sp³-hybridized carbons (Fsp3) is 0.174. The van der Waals surface area contributed by atoms with E-state index in [2.05, 4.69) is 15.7 Å². The maximum Gasteiger partial charge on any atom is 0.325 e. The highest BCUT2D eigenvalue weighted by atomic mass is 16.4. The number of rotatable bonds is 9. The van der Waals surface area contributed by atoms with Crippen molar-refractivity contribution in [2.75, 3.05) is 19.6 Å². The van der Waals surface area contributed by atoms with Gasteiger partial charge in [0.1, 0.15) is 13.1 Å². The number of hydrogen-bond donors (Lipinski definition) is 4. The summed E-state index contributed by atoms with van der Waals surface area (Å²) < 4.78 is 0. The fourth-order valence-electron chi connectivity index (χ4n) is 1.92. The summed E-state index contributed by atoms with van der Waals surface area (Å²) in [5, 5.41) is 24.5. The molecule has 0 saturated carbocycles. The SMILES string of the molecule is C.NCC(=O)O.O=C(O)CN=Cc1ccccc1C=NCC(=O)O.O=Cc1ccccc1C=O. The van der Waals surface area contributed by atoms with Crippen molar-refractivity contribution in [3.63, 3.8) is 0 Å². The van der Waals surface area contributed by atoms with Crippen molar-refractivity contribution < 1.29 is 39.3 Å². The number of aliphatic carboxylic acids is 3. The van der Waals surface area contributed by atoms with Gasteiger partial charge >= 0.3 is 17.9 Å². The van der Waals surface area contributed by atoms with Crippen LogP contribution in [0, 0.1) is 0 Å². The summed E-state index contributed by atoms with van der Waals surface area (Å²) in [6.07, 6.45) is 4.19. The van der Waals surface area contributed by atoms with E-state index in [4.69, 9.17) is 15.3 Å². The van der Waals surface area contributed by atoms with E-state index >= 15 is 0 Å². The summed E-state index contributed by atoms with van der Waals surface area (Å²) in [5.74, 6) is -2.99. The molecule has 0 aliphatic heterocycles. The Morgan fingerprint density at radius 2 is 0.971 bits per heavy atom. The van der Waals surface area contributed by atoms with Gasteiger partial charge in [-0.2, -0.15) is 0 Å². The number of aldehydes is 2. The van der Waals surface area contributed by atoms with Gasteiger partial charge in [-0.1, -0.05) is 56.0 Å². The summed E-state index contributed by atoms with van der Waals surface area (Å²) in [6, 6.07) is 13.7. The Morgan fingerprint density at radius 1 is 0.676 bits per heavy atom. The van der Waals surface area contributed by atoms with E-state index in [1.165, 1.54) is 12.4 Å². The molecular formula is C23H27N3O8. The highest BCUT2D eigenvalue weighted by molar-refractivity contribution is 5.95. The molecule has 0 saturated heterocycles. The van der Waals surface area contributed by atoms with Gasteiger partial charge < -0.3 is 21.1 Å². The van der Waals surface area contributed by atoms with Gasteiger partial charge in [0.2, 0.25) is 0 Å². The van der Waals surface area contributed by atoms with E-state index in [-0.39, 0.29) is 27.1 Å². The smallest absolute Gasteiger partial charge is 0.325 e. The van der Waals surface area contributed by atoms with Crippen LogP contribution in [0.1, 0.15) is 39.3 Å². The molecule has 5 N–H and O–H groups in total. The molecule has 11 heteroatoms. The number of hydrogen-bond acceptors (Lipinski definition) is 8. The van der Waals surface area contributed by atoms with Crippen LogP contribution in [-0.2, 0) is 14.4 Å². The van der Waals surface area contributed by atoms with E-state index in [1.807, 2.05) is 0 Å². The van der Waals surface area contributed by atoms with Gasteiger partial charge in [0.05, 0.1) is 6.54 Å². The van der Waals surface area contributed by atoms with Gasteiger partial charge in [-0.3, -0.25) is 34.0 Å². The molecule has 0 atom stereocenters. The molecule has 0 fully saturated rings. The Hall–Kier alpha value is -4.51. The zero-order chi connectivity index (χ0) is 25.1. The second-order valence-corrected chi connectivity index (χ2v) is 5.82. The molecule has 34 heavy (non-hydrogen) atoms.